The Morgan fingerprint density at radius 1 is 1.32 bits per heavy atom. The van der Waals surface area contributed by atoms with Gasteiger partial charge in [-0.3, -0.25) is 4.79 Å². The van der Waals surface area contributed by atoms with Gasteiger partial charge in [0.05, 0.1) is 17.8 Å². The van der Waals surface area contributed by atoms with Crippen LogP contribution in [0.25, 0.3) is 0 Å². The third kappa shape index (κ3) is 3.34. The first-order valence-electron chi connectivity index (χ1n) is 5.89. The topological polar surface area (TPSA) is 54.9 Å². The molecule has 1 amide bonds. The number of carbonyl (C=O) groups is 1. The van der Waals surface area contributed by atoms with E-state index in [1.807, 2.05) is 6.92 Å². The molecule has 19 heavy (non-hydrogen) atoms. The van der Waals surface area contributed by atoms with Gasteiger partial charge in [-0.05, 0) is 32.0 Å². The molecule has 0 saturated heterocycles. The number of aromatic nitrogens is 2. The van der Waals surface area contributed by atoms with Crippen molar-refractivity contribution in [2.75, 3.05) is 0 Å². The lowest BCUT2D eigenvalue weighted by Gasteiger charge is -2.07. The number of carbonyl (C=O) groups excluding carboxylic acids is 1. The molecular weight excluding hydrogens is 245 g/mol. The highest BCUT2D eigenvalue weighted by Crippen LogP contribution is 2.10. The maximum Gasteiger partial charge on any atom is 0.254 e. The second-order valence-corrected chi connectivity index (χ2v) is 4.26. The van der Waals surface area contributed by atoms with Crippen molar-refractivity contribution in [3.8, 4) is 0 Å². The minimum atomic E-state index is -0.526. The molecule has 1 aromatic carbocycles. The van der Waals surface area contributed by atoms with Crippen LogP contribution in [-0.4, -0.2) is 15.9 Å². The van der Waals surface area contributed by atoms with Crippen molar-refractivity contribution in [3.63, 3.8) is 0 Å². The lowest BCUT2D eigenvalue weighted by atomic mass is 10.1. The molecule has 2 rings (SSSR count). The van der Waals surface area contributed by atoms with E-state index in [9.17, 15) is 9.18 Å². The summed E-state index contributed by atoms with van der Waals surface area (Å²) in [6.07, 6.45) is 1.62. The Bertz CT molecular complexity index is 613. The average molecular weight is 259 g/mol. The van der Waals surface area contributed by atoms with E-state index < -0.39 is 11.7 Å². The molecule has 0 spiro atoms. The third-order valence-electron chi connectivity index (χ3n) is 2.63. The molecule has 0 saturated carbocycles. The minimum Gasteiger partial charge on any atom is -0.346 e. The quantitative estimate of drug-likeness (QED) is 0.919. The first-order chi connectivity index (χ1) is 9.06. The largest absolute Gasteiger partial charge is 0.346 e. The molecule has 98 valence electrons. The summed E-state index contributed by atoms with van der Waals surface area (Å²) in [5.41, 5.74) is 1.57. The van der Waals surface area contributed by atoms with E-state index >= 15 is 0 Å². The number of rotatable bonds is 3. The fourth-order valence-electron chi connectivity index (χ4n) is 1.68. The Morgan fingerprint density at radius 3 is 2.84 bits per heavy atom. The van der Waals surface area contributed by atoms with Crippen LogP contribution in [0.5, 0.6) is 0 Å². The Hall–Kier alpha value is -2.30. The van der Waals surface area contributed by atoms with Gasteiger partial charge in [0.2, 0.25) is 0 Å². The van der Waals surface area contributed by atoms with E-state index in [-0.39, 0.29) is 12.1 Å². The number of benzene rings is 1. The zero-order valence-corrected chi connectivity index (χ0v) is 10.8. The molecule has 0 aliphatic rings. The van der Waals surface area contributed by atoms with E-state index in [1.165, 1.54) is 12.1 Å². The molecule has 0 aliphatic carbocycles. The molecule has 0 fully saturated rings. The van der Waals surface area contributed by atoms with Gasteiger partial charge in [0.15, 0.2) is 0 Å². The predicted octanol–water partition coefficient (Wildman–Crippen LogP) is 2.16. The van der Waals surface area contributed by atoms with Crippen molar-refractivity contribution in [1.29, 1.82) is 0 Å². The molecule has 1 N–H and O–H groups in total. The van der Waals surface area contributed by atoms with Crippen molar-refractivity contribution in [1.82, 2.24) is 15.3 Å². The molecule has 5 heteroatoms. The van der Waals surface area contributed by atoms with Gasteiger partial charge >= 0.3 is 0 Å². The Kier molecular flexibility index (Phi) is 3.85. The summed E-state index contributed by atoms with van der Waals surface area (Å²) in [6.45, 7) is 3.82. The van der Waals surface area contributed by atoms with Crippen LogP contribution in [0.15, 0.2) is 30.5 Å². The molecular formula is C14H14FN3O. The number of hydrogen-bond acceptors (Lipinski definition) is 3. The van der Waals surface area contributed by atoms with Crippen LogP contribution in [0, 0.1) is 19.7 Å². The second kappa shape index (κ2) is 5.56. The Balaban J connectivity index is 2.07. The normalized spacial score (nSPS) is 10.3. The number of halogens is 1. The van der Waals surface area contributed by atoms with Crippen molar-refractivity contribution in [2.24, 2.45) is 0 Å². The van der Waals surface area contributed by atoms with Crippen molar-refractivity contribution in [2.45, 2.75) is 20.4 Å². The zero-order chi connectivity index (χ0) is 13.8. The molecule has 4 nitrogen and oxygen atoms in total. The predicted molar refractivity (Wildman–Crippen MR) is 69.1 cm³/mol. The number of aryl methyl sites for hydroxylation is 2. The molecule has 0 bridgehead atoms. The highest BCUT2D eigenvalue weighted by molar-refractivity contribution is 5.94. The van der Waals surface area contributed by atoms with E-state index in [2.05, 4.69) is 15.3 Å². The molecule has 0 atom stereocenters. The van der Waals surface area contributed by atoms with E-state index in [4.69, 9.17) is 0 Å². The van der Waals surface area contributed by atoms with Gasteiger partial charge in [0.1, 0.15) is 11.6 Å². The highest BCUT2D eigenvalue weighted by atomic mass is 19.1. The standard InChI is InChI=1S/C14H14FN3O/c1-9-3-4-13(15)12(7-9)14(19)17-8-11-5-6-16-10(2)18-11/h3-7H,8H2,1-2H3,(H,17,19). The summed E-state index contributed by atoms with van der Waals surface area (Å²) in [5, 5.41) is 2.64. The van der Waals surface area contributed by atoms with Gasteiger partial charge in [-0.2, -0.15) is 0 Å². The van der Waals surface area contributed by atoms with Crippen LogP contribution < -0.4 is 5.32 Å². The smallest absolute Gasteiger partial charge is 0.254 e. The molecule has 0 aliphatic heterocycles. The second-order valence-electron chi connectivity index (χ2n) is 4.26. The summed E-state index contributed by atoms with van der Waals surface area (Å²) in [7, 11) is 0. The first kappa shape index (κ1) is 13.1. The summed E-state index contributed by atoms with van der Waals surface area (Å²) in [6, 6.07) is 6.15. The minimum absolute atomic E-state index is 0.0470. The zero-order valence-electron chi connectivity index (χ0n) is 10.8. The molecule has 0 radical (unpaired) electrons. The third-order valence-corrected chi connectivity index (χ3v) is 2.63. The van der Waals surface area contributed by atoms with E-state index in [1.54, 1.807) is 25.3 Å². The summed E-state index contributed by atoms with van der Waals surface area (Å²) >= 11 is 0. The lowest BCUT2D eigenvalue weighted by Crippen LogP contribution is -2.24. The Labute approximate surface area is 110 Å². The van der Waals surface area contributed by atoms with Gasteiger partial charge in [-0.25, -0.2) is 14.4 Å². The first-order valence-corrected chi connectivity index (χ1v) is 5.89. The van der Waals surface area contributed by atoms with Gasteiger partial charge in [0, 0.05) is 6.20 Å². The van der Waals surface area contributed by atoms with E-state index in [0.717, 1.165) is 5.56 Å². The Morgan fingerprint density at radius 2 is 2.11 bits per heavy atom. The highest BCUT2D eigenvalue weighted by Gasteiger charge is 2.11. The van der Waals surface area contributed by atoms with Crippen LogP contribution in [0.4, 0.5) is 4.39 Å². The number of nitrogens with zero attached hydrogens (tertiary/aromatic N) is 2. The fraction of sp³-hybridized carbons (Fsp3) is 0.214. The number of hydrogen-bond donors (Lipinski definition) is 1. The van der Waals surface area contributed by atoms with Crippen molar-refractivity contribution >= 4 is 5.91 Å². The van der Waals surface area contributed by atoms with Crippen molar-refractivity contribution in [3.05, 3.63) is 58.9 Å². The van der Waals surface area contributed by atoms with Crippen LogP contribution in [0.2, 0.25) is 0 Å². The molecule has 1 aromatic heterocycles. The lowest BCUT2D eigenvalue weighted by molar-refractivity contribution is 0.0946. The number of amides is 1. The van der Waals surface area contributed by atoms with Crippen molar-refractivity contribution < 1.29 is 9.18 Å². The maximum absolute atomic E-state index is 13.5. The SMILES string of the molecule is Cc1ccc(F)c(C(=O)NCc2ccnc(C)n2)c1. The van der Waals surface area contributed by atoms with Gasteiger partial charge in [0.25, 0.3) is 5.91 Å². The molecule has 0 unspecified atom stereocenters. The van der Waals surface area contributed by atoms with E-state index in [0.29, 0.717) is 11.5 Å². The van der Waals surface area contributed by atoms with Gasteiger partial charge < -0.3 is 5.32 Å². The van der Waals surface area contributed by atoms with Gasteiger partial charge in [-0.1, -0.05) is 11.6 Å². The summed E-state index contributed by atoms with van der Waals surface area (Å²) in [4.78, 5) is 20.0. The summed E-state index contributed by atoms with van der Waals surface area (Å²) in [5.74, 6) is -0.340. The van der Waals surface area contributed by atoms with Crippen LogP contribution >= 0.6 is 0 Å². The van der Waals surface area contributed by atoms with Gasteiger partial charge in [-0.15, -0.1) is 0 Å². The fourth-order valence-corrected chi connectivity index (χ4v) is 1.68. The summed E-state index contributed by atoms with van der Waals surface area (Å²) < 4.78 is 13.5. The molecule has 2 aromatic rings. The van der Waals surface area contributed by atoms with Crippen LogP contribution in [0.1, 0.15) is 27.4 Å². The maximum atomic E-state index is 13.5. The monoisotopic (exact) mass is 259 g/mol. The average Bonchev–Trinajstić information content (AvgIpc) is 2.39. The number of nitrogens with one attached hydrogen (secondary N) is 1. The molecule has 1 heterocycles. The van der Waals surface area contributed by atoms with Crippen LogP contribution in [-0.2, 0) is 6.54 Å². The van der Waals surface area contributed by atoms with Crippen LogP contribution in [0.3, 0.4) is 0 Å².